The smallest absolute Gasteiger partial charge is 0.124 e. The highest BCUT2D eigenvalue weighted by molar-refractivity contribution is 5.49. The average molecular weight is 250 g/mol. The summed E-state index contributed by atoms with van der Waals surface area (Å²) in [5, 5.41) is 3.15. The molecule has 0 aliphatic heterocycles. The molecule has 3 nitrogen and oxygen atoms in total. The second-order valence-corrected chi connectivity index (χ2v) is 4.92. The number of nitrogens with two attached hydrogens (primary N) is 1. The Labute approximate surface area is 111 Å². The number of hydrogen-bond acceptors (Lipinski definition) is 3. The van der Waals surface area contributed by atoms with Crippen molar-refractivity contribution in [1.82, 2.24) is 5.32 Å². The maximum Gasteiger partial charge on any atom is 0.124 e. The van der Waals surface area contributed by atoms with E-state index in [4.69, 9.17) is 10.5 Å². The van der Waals surface area contributed by atoms with Crippen molar-refractivity contribution in [2.45, 2.75) is 39.7 Å². The van der Waals surface area contributed by atoms with Crippen molar-refractivity contribution >= 4 is 0 Å². The molecular formula is C15H26N2O. The maximum atomic E-state index is 6.30. The van der Waals surface area contributed by atoms with Crippen LogP contribution in [0.4, 0.5) is 0 Å². The lowest BCUT2D eigenvalue weighted by atomic mass is 9.92. The largest absolute Gasteiger partial charge is 0.496 e. The molecule has 1 atom stereocenters. The van der Waals surface area contributed by atoms with Gasteiger partial charge in [-0.1, -0.05) is 6.07 Å². The van der Waals surface area contributed by atoms with Gasteiger partial charge < -0.3 is 15.8 Å². The normalized spacial score (nSPS) is 12.6. The summed E-state index contributed by atoms with van der Waals surface area (Å²) in [5.74, 6) is 0.985. The van der Waals surface area contributed by atoms with Gasteiger partial charge in [0.2, 0.25) is 0 Å². The molecule has 0 saturated carbocycles. The monoisotopic (exact) mass is 250 g/mol. The van der Waals surface area contributed by atoms with Gasteiger partial charge in [0.25, 0.3) is 0 Å². The van der Waals surface area contributed by atoms with E-state index in [0.29, 0.717) is 0 Å². The Morgan fingerprint density at radius 2 is 1.94 bits per heavy atom. The lowest BCUT2D eigenvalue weighted by Gasteiger charge is -2.20. The SMILES string of the molecule is CNCCCC(N)c1cc(C)c(OC)c(C)c1C. The highest BCUT2D eigenvalue weighted by atomic mass is 16.5. The van der Waals surface area contributed by atoms with Gasteiger partial charge in [-0.25, -0.2) is 0 Å². The van der Waals surface area contributed by atoms with E-state index in [2.05, 4.69) is 32.2 Å². The van der Waals surface area contributed by atoms with Crippen LogP contribution in [0.3, 0.4) is 0 Å². The molecule has 1 aromatic rings. The maximum absolute atomic E-state index is 6.30. The predicted molar refractivity (Wildman–Crippen MR) is 77.3 cm³/mol. The summed E-state index contributed by atoms with van der Waals surface area (Å²) < 4.78 is 5.44. The van der Waals surface area contributed by atoms with E-state index < -0.39 is 0 Å². The van der Waals surface area contributed by atoms with Crippen LogP contribution in [0.15, 0.2) is 6.07 Å². The summed E-state index contributed by atoms with van der Waals surface area (Å²) >= 11 is 0. The van der Waals surface area contributed by atoms with Crippen LogP contribution in [0, 0.1) is 20.8 Å². The van der Waals surface area contributed by atoms with Crippen LogP contribution in [0.25, 0.3) is 0 Å². The molecule has 0 aliphatic rings. The molecule has 3 N–H and O–H groups in total. The van der Waals surface area contributed by atoms with Gasteiger partial charge in [0.15, 0.2) is 0 Å². The minimum Gasteiger partial charge on any atom is -0.496 e. The zero-order valence-corrected chi connectivity index (χ0v) is 12.3. The standard InChI is InChI=1S/C15H26N2O/c1-10-9-13(14(16)7-6-8-17-4)11(2)12(3)15(10)18-5/h9,14,17H,6-8,16H2,1-5H3. The van der Waals surface area contributed by atoms with Gasteiger partial charge in [0.1, 0.15) is 5.75 Å². The van der Waals surface area contributed by atoms with Crippen molar-refractivity contribution in [1.29, 1.82) is 0 Å². The average Bonchev–Trinajstić information content (AvgIpc) is 2.34. The van der Waals surface area contributed by atoms with Crippen molar-refractivity contribution in [3.63, 3.8) is 0 Å². The second-order valence-electron chi connectivity index (χ2n) is 4.92. The van der Waals surface area contributed by atoms with Gasteiger partial charge in [-0.2, -0.15) is 0 Å². The van der Waals surface area contributed by atoms with Crippen molar-refractivity contribution in [3.8, 4) is 5.75 Å². The Bertz CT molecular complexity index is 402. The summed E-state index contributed by atoms with van der Waals surface area (Å²) in [4.78, 5) is 0. The molecule has 0 heterocycles. The fourth-order valence-corrected chi connectivity index (χ4v) is 2.44. The molecule has 3 heteroatoms. The first-order chi connectivity index (χ1) is 8.52. The summed E-state index contributed by atoms with van der Waals surface area (Å²) in [6, 6.07) is 2.28. The number of rotatable bonds is 6. The molecule has 1 unspecified atom stereocenters. The molecule has 0 radical (unpaired) electrons. The molecule has 0 spiro atoms. The van der Waals surface area contributed by atoms with Crippen LogP contribution < -0.4 is 15.8 Å². The molecule has 18 heavy (non-hydrogen) atoms. The Morgan fingerprint density at radius 3 is 2.50 bits per heavy atom. The van der Waals surface area contributed by atoms with E-state index in [1.165, 1.54) is 22.3 Å². The number of methoxy groups -OCH3 is 1. The summed E-state index contributed by atoms with van der Waals surface area (Å²) in [6.45, 7) is 7.32. The molecule has 0 fully saturated rings. The van der Waals surface area contributed by atoms with Crippen LogP contribution in [0.1, 0.15) is 41.1 Å². The van der Waals surface area contributed by atoms with Crippen LogP contribution in [-0.4, -0.2) is 20.7 Å². The fourth-order valence-electron chi connectivity index (χ4n) is 2.44. The molecular weight excluding hydrogens is 224 g/mol. The number of hydrogen-bond donors (Lipinski definition) is 2. The van der Waals surface area contributed by atoms with Crippen molar-refractivity contribution < 1.29 is 4.74 Å². The first-order valence-corrected chi connectivity index (χ1v) is 6.57. The Balaban J connectivity index is 2.96. The zero-order valence-electron chi connectivity index (χ0n) is 12.3. The quantitative estimate of drug-likeness (QED) is 0.763. The number of benzene rings is 1. The van der Waals surface area contributed by atoms with Gasteiger partial charge in [-0.3, -0.25) is 0 Å². The molecule has 1 aromatic carbocycles. The minimum absolute atomic E-state index is 0.113. The molecule has 0 amide bonds. The third-order valence-electron chi connectivity index (χ3n) is 3.61. The van der Waals surface area contributed by atoms with Crippen molar-refractivity contribution in [2.24, 2.45) is 5.73 Å². The first kappa shape index (κ1) is 15.0. The van der Waals surface area contributed by atoms with Gasteiger partial charge >= 0.3 is 0 Å². The van der Waals surface area contributed by atoms with Crippen molar-refractivity contribution in [3.05, 3.63) is 28.3 Å². The van der Waals surface area contributed by atoms with Crippen LogP contribution in [0.5, 0.6) is 5.75 Å². The third kappa shape index (κ3) is 3.24. The fraction of sp³-hybridized carbons (Fsp3) is 0.600. The first-order valence-electron chi connectivity index (χ1n) is 6.57. The van der Waals surface area contributed by atoms with Crippen molar-refractivity contribution in [2.75, 3.05) is 20.7 Å². The molecule has 0 bridgehead atoms. The summed E-state index contributed by atoms with van der Waals surface area (Å²) in [7, 11) is 3.69. The van der Waals surface area contributed by atoms with Crippen LogP contribution in [-0.2, 0) is 0 Å². The van der Waals surface area contributed by atoms with Gasteiger partial charge in [0, 0.05) is 6.04 Å². The van der Waals surface area contributed by atoms with Gasteiger partial charge in [-0.15, -0.1) is 0 Å². The molecule has 1 rings (SSSR count). The van der Waals surface area contributed by atoms with Crippen LogP contribution in [0.2, 0.25) is 0 Å². The number of ether oxygens (including phenoxy) is 1. The topological polar surface area (TPSA) is 47.3 Å². The lowest BCUT2D eigenvalue weighted by molar-refractivity contribution is 0.407. The van der Waals surface area contributed by atoms with E-state index in [1.807, 2.05) is 7.05 Å². The van der Waals surface area contributed by atoms with E-state index in [-0.39, 0.29) is 6.04 Å². The molecule has 0 aromatic heterocycles. The highest BCUT2D eigenvalue weighted by Crippen LogP contribution is 2.31. The van der Waals surface area contributed by atoms with E-state index in [1.54, 1.807) is 7.11 Å². The second kappa shape index (κ2) is 6.76. The van der Waals surface area contributed by atoms with E-state index >= 15 is 0 Å². The Morgan fingerprint density at radius 1 is 1.28 bits per heavy atom. The van der Waals surface area contributed by atoms with Gasteiger partial charge in [0.05, 0.1) is 7.11 Å². The molecule has 0 aliphatic carbocycles. The summed E-state index contributed by atoms with van der Waals surface area (Å²) in [6.07, 6.45) is 2.11. The molecule has 0 saturated heterocycles. The Kier molecular flexibility index (Phi) is 5.63. The summed E-state index contributed by atoms with van der Waals surface area (Å²) in [5.41, 5.74) is 11.2. The number of aryl methyl sites for hydroxylation is 1. The Hall–Kier alpha value is -1.06. The van der Waals surface area contributed by atoms with E-state index in [0.717, 1.165) is 25.1 Å². The predicted octanol–water partition coefficient (Wildman–Crippen LogP) is 2.62. The highest BCUT2D eigenvalue weighted by Gasteiger charge is 2.15. The third-order valence-corrected chi connectivity index (χ3v) is 3.61. The zero-order chi connectivity index (χ0) is 13.7. The van der Waals surface area contributed by atoms with E-state index in [9.17, 15) is 0 Å². The minimum atomic E-state index is 0.113. The lowest BCUT2D eigenvalue weighted by Crippen LogP contribution is -2.16. The molecule has 102 valence electrons. The van der Waals surface area contributed by atoms with Crippen LogP contribution >= 0.6 is 0 Å². The van der Waals surface area contributed by atoms with Gasteiger partial charge in [-0.05, 0) is 69.5 Å². The number of nitrogens with one attached hydrogen (secondary N) is 1.